The van der Waals surface area contributed by atoms with Crippen molar-refractivity contribution >= 4 is 5.91 Å². The van der Waals surface area contributed by atoms with Gasteiger partial charge in [-0.15, -0.1) is 0 Å². The summed E-state index contributed by atoms with van der Waals surface area (Å²) in [5.41, 5.74) is 1.11. The summed E-state index contributed by atoms with van der Waals surface area (Å²) >= 11 is 0. The zero-order valence-electron chi connectivity index (χ0n) is 12.6. The van der Waals surface area contributed by atoms with Gasteiger partial charge in [0.25, 0.3) is 5.91 Å². The first kappa shape index (κ1) is 14.0. The fraction of sp³-hybridized carbons (Fsp3) is 0.588. The Labute approximate surface area is 130 Å². The molecule has 0 aliphatic carbocycles. The molecule has 118 valence electrons. The van der Waals surface area contributed by atoms with Gasteiger partial charge in [0.1, 0.15) is 5.75 Å². The van der Waals surface area contributed by atoms with Crippen molar-refractivity contribution in [2.45, 2.75) is 44.1 Å². The van der Waals surface area contributed by atoms with E-state index < -0.39 is 6.10 Å². The number of hydrogen-bond acceptors (Lipinski definition) is 4. The molecule has 0 bridgehead atoms. The number of amides is 1. The molecular weight excluding hydrogens is 282 g/mol. The number of rotatable bonds is 2. The highest BCUT2D eigenvalue weighted by atomic mass is 16.7. The van der Waals surface area contributed by atoms with Gasteiger partial charge < -0.3 is 19.1 Å². The third-order valence-corrected chi connectivity index (χ3v) is 4.72. The SMILES string of the molecule is O=C(C1Cc2ccccc2O1)N1CCCCC1C1OCCO1. The second-order valence-corrected chi connectivity index (χ2v) is 6.12. The molecule has 0 radical (unpaired) electrons. The van der Waals surface area contributed by atoms with Gasteiger partial charge in [-0.1, -0.05) is 18.2 Å². The van der Waals surface area contributed by atoms with Crippen LogP contribution in [-0.2, 0) is 20.7 Å². The van der Waals surface area contributed by atoms with Crippen LogP contribution in [0.5, 0.6) is 5.75 Å². The second-order valence-electron chi connectivity index (χ2n) is 6.12. The molecule has 3 aliphatic rings. The van der Waals surface area contributed by atoms with Crippen LogP contribution < -0.4 is 4.74 Å². The largest absolute Gasteiger partial charge is 0.480 e. The van der Waals surface area contributed by atoms with Crippen molar-refractivity contribution in [3.8, 4) is 5.75 Å². The highest BCUT2D eigenvalue weighted by Gasteiger charge is 2.40. The molecule has 1 aromatic carbocycles. The van der Waals surface area contributed by atoms with E-state index in [0.29, 0.717) is 19.6 Å². The van der Waals surface area contributed by atoms with E-state index in [9.17, 15) is 4.79 Å². The topological polar surface area (TPSA) is 48.0 Å². The molecule has 3 aliphatic heterocycles. The summed E-state index contributed by atoms with van der Waals surface area (Å²) in [6, 6.07) is 7.91. The van der Waals surface area contributed by atoms with Crippen molar-refractivity contribution in [3.05, 3.63) is 29.8 Å². The number of hydrogen-bond donors (Lipinski definition) is 0. The molecule has 0 saturated carbocycles. The monoisotopic (exact) mass is 303 g/mol. The molecule has 0 N–H and O–H groups in total. The van der Waals surface area contributed by atoms with Crippen molar-refractivity contribution in [2.24, 2.45) is 0 Å². The maximum atomic E-state index is 12.9. The number of benzene rings is 1. The Hall–Kier alpha value is -1.59. The van der Waals surface area contributed by atoms with Crippen LogP contribution in [0, 0.1) is 0 Å². The zero-order chi connectivity index (χ0) is 14.9. The first-order chi connectivity index (χ1) is 10.8. The summed E-state index contributed by atoms with van der Waals surface area (Å²) in [4.78, 5) is 14.9. The van der Waals surface area contributed by atoms with Gasteiger partial charge in [0.2, 0.25) is 0 Å². The average Bonchev–Trinajstić information content (AvgIpc) is 3.23. The maximum Gasteiger partial charge on any atom is 0.264 e. The van der Waals surface area contributed by atoms with Crippen LogP contribution in [0.2, 0.25) is 0 Å². The number of piperidine rings is 1. The highest BCUT2D eigenvalue weighted by molar-refractivity contribution is 5.83. The van der Waals surface area contributed by atoms with Crippen LogP contribution in [0.3, 0.4) is 0 Å². The van der Waals surface area contributed by atoms with Gasteiger partial charge in [0.15, 0.2) is 12.4 Å². The first-order valence-corrected chi connectivity index (χ1v) is 8.11. The Morgan fingerprint density at radius 3 is 2.77 bits per heavy atom. The van der Waals surface area contributed by atoms with E-state index in [2.05, 4.69) is 0 Å². The second kappa shape index (κ2) is 5.89. The van der Waals surface area contributed by atoms with E-state index in [1.54, 1.807) is 0 Å². The van der Waals surface area contributed by atoms with Gasteiger partial charge >= 0.3 is 0 Å². The minimum Gasteiger partial charge on any atom is -0.480 e. The molecule has 2 atom stereocenters. The fourth-order valence-electron chi connectivity index (χ4n) is 3.62. The predicted molar refractivity (Wildman–Crippen MR) is 79.6 cm³/mol. The molecule has 4 rings (SSSR count). The minimum atomic E-state index is -0.403. The third kappa shape index (κ3) is 2.48. The normalized spacial score (nSPS) is 28.5. The van der Waals surface area contributed by atoms with E-state index in [0.717, 1.165) is 37.1 Å². The Kier molecular flexibility index (Phi) is 3.76. The number of ether oxygens (including phenoxy) is 3. The summed E-state index contributed by atoms with van der Waals surface area (Å²) in [5.74, 6) is 0.905. The molecule has 2 unspecified atom stereocenters. The number of nitrogens with zero attached hydrogens (tertiary/aromatic N) is 1. The highest BCUT2D eigenvalue weighted by Crippen LogP contribution is 2.31. The Morgan fingerprint density at radius 2 is 1.95 bits per heavy atom. The molecule has 0 spiro atoms. The van der Waals surface area contributed by atoms with Crippen LogP contribution in [-0.4, -0.2) is 49.0 Å². The van der Waals surface area contributed by atoms with Gasteiger partial charge in [-0.2, -0.15) is 0 Å². The Balaban J connectivity index is 1.49. The predicted octanol–water partition coefficient (Wildman–Crippen LogP) is 1.74. The molecule has 2 fully saturated rings. The van der Waals surface area contributed by atoms with Crippen LogP contribution in [0.1, 0.15) is 24.8 Å². The number of likely N-dealkylation sites (tertiary alicyclic amines) is 1. The molecule has 2 saturated heterocycles. The lowest BCUT2D eigenvalue weighted by Gasteiger charge is -2.38. The average molecular weight is 303 g/mol. The van der Waals surface area contributed by atoms with Crippen LogP contribution in [0.25, 0.3) is 0 Å². The van der Waals surface area contributed by atoms with Gasteiger partial charge in [-0.25, -0.2) is 0 Å². The summed E-state index contributed by atoms with van der Waals surface area (Å²) < 4.78 is 17.1. The summed E-state index contributed by atoms with van der Waals surface area (Å²) in [6.45, 7) is 2.01. The van der Waals surface area contributed by atoms with Crippen molar-refractivity contribution < 1.29 is 19.0 Å². The molecular formula is C17H21NO4. The van der Waals surface area contributed by atoms with E-state index in [1.165, 1.54) is 0 Å². The number of fused-ring (bicyclic) bond motifs is 1. The van der Waals surface area contributed by atoms with Crippen molar-refractivity contribution in [1.29, 1.82) is 0 Å². The van der Waals surface area contributed by atoms with E-state index in [-0.39, 0.29) is 18.2 Å². The fourth-order valence-corrected chi connectivity index (χ4v) is 3.62. The molecule has 3 heterocycles. The summed E-state index contributed by atoms with van der Waals surface area (Å²) in [7, 11) is 0. The van der Waals surface area contributed by atoms with E-state index in [1.807, 2.05) is 29.2 Å². The Morgan fingerprint density at radius 1 is 1.14 bits per heavy atom. The standard InChI is InChI=1S/C17H21NO4/c19-16(15-11-12-5-1-2-7-14(12)22-15)18-8-4-3-6-13(18)17-20-9-10-21-17/h1-2,5,7,13,15,17H,3-4,6,8-11H2. The van der Waals surface area contributed by atoms with Gasteiger partial charge in [-0.05, 0) is 30.9 Å². The minimum absolute atomic E-state index is 0.0241. The molecule has 1 aromatic rings. The van der Waals surface area contributed by atoms with Crippen LogP contribution >= 0.6 is 0 Å². The van der Waals surface area contributed by atoms with Crippen molar-refractivity contribution in [3.63, 3.8) is 0 Å². The van der Waals surface area contributed by atoms with Crippen LogP contribution in [0.15, 0.2) is 24.3 Å². The van der Waals surface area contributed by atoms with E-state index in [4.69, 9.17) is 14.2 Å². The molecule has 5 heteroatoms. The number of para-hydroxylation sites is 1. The maximum absolute atomic E-state index is 12.9. The summed E-state index contributed by atoms with van der Waals surface area (Å²) in [6.07, 6.45) is 3.08. The number of carbonyl (C=O) groups is 1. The van der Waals surface area contributed by atoms with E-state index >= 15 is 0 Å². The molecule has 1 amide bonds. The summed E-state index contributed by atoms with van der Waals surface area (Å²) in [5, 5.41) is 0. The first-order valence-electron chi connectivity index (χ1n) is 8.11. The van der Waals surface area contributed by atoms with Crippen LogP contribution in [0.4, 0.5) is 0 Å². The van der Waals surface area contributed by atoms with Crippen molar-refractivity contribution in [2.75, 3.05) is 19.8 Å². The number of carbonyl (C=O) groups excluding carboxylic acids is 1. The van der Waals surface area contributed by atoms with Crippen molar-refractivity contribution in [1.82, 2.24) is 4.90 Å². The Bertz CT molecular complexity index is 530. The van der Waals surface area contributed by atoms with Gasteiger partial charge in [-0.3, -0.25) is 4.79 Å². The third-order valence-electron chi connectivity index (χ3n) is 4.72. The lowest BCUT2D eigenvalue weighted by atomic mass is 10.00. The molecule has 0 aromatic heterocycles. The quantitative estimate of drug-likeness (QED) is 0.835. The lowest BCUT2D eigenvalue weighted by Crippen LogP contribution is -2.54. The van der Waals surface area contributed by atoms with Gasteiger partial charge in [0, 0.05) is 13.0 Å². The molecule has 5 nitrogen and oxygen atoms in total. The lowest BCUT2D eigenvalue weighted by molar-refractivity contribution is -0.156. The van der Waals surface area contributed by atoms with Gasteiger partial charge in [0.05, 0.1) is 19.3 Å². The molecule has 22 heavy (non-hydrogen) atoms. The smallest absolute Gasteiger partial charge is 0.264 e. The zero-order valence-corrected chi connectivity index (χ0v) is 12.6.